The predicted octanol–water partition coefficient (Wildman–Crippen LogP) is 2.01. The van der Waals surface area contributed by atoms with Crippen molar-refractivity contribution in [3.05, 3.63) is 40.5 Å². The van der Waals surface area contributed by atoms with E-state index in [0.717, 1.165) is 11.1 Å². The number of rotatable bonds is 4. The molecular formula is C15H20N2O3S. The summed E-state index contributed by atoms with van der Waals surface area (Å²) in [4.78, 5) is 4.56. The largest absolute Gasteiger partial charge is 0.383 e. The highest BCUT2D eigenvalue weighted by Crippen LogP contribution is 2.30. The van der Waals surface area contributed by atoms with Gasteiger partial charge in [-0.25, -0.2) is 8.42 Å². The number of methoxy groups -OCH3 is 1. The molecule has 0 radical (unpaired) electrons. The highest BCUT2D eigenvalue weighted by molar-refractivity contribution is 8.00. The van der Waals surface area contributed by atoms with E-state index in [4.69, 9.17) is 4.74 Å². The van der Waals surface area contributed by atoms with Crippen molar-refractivity contribution >= 4 is 20.8 Å². The lowest BCUT2D eigenvalue weighted by molar-refractivity contribution is 0.208. The first-order chi connectivity index (χ1) is 9.86. The maximum absolute atomic E-state index is 12.3. The molecule has 1 aliphatic heterocycles. The Kier molecular flexibility index (Phi) is 4.49. The van der Waals surface area contributed by atoms with Crippen LogP contribution in [0.3, 0.4) is 0 Å². The zero-order chi connectivity index (χ0) is 15.6. The molecule has 1 aromatic rings. The molecule has 0 bridgehead atoms. The van der Waals surface area contributed by atoms with E-state index in [-0.39, 0.29) is 0 Å². The Morgan fingerprint density at radius 2 is 1.90 bits per heavy atom. The van der Waals surface area contributed by atoms with Gasteiger partial charge >= 0.3 is 0 Å². The third-order valence-corrected chi connectivity index (χ3v) is 5.07. The molecule has 1 aromatic carbocycles. The molecule has 0 spiro atoms. The molecule has 0 atom stereocenters. The molecule has 2 rings (SSSR count). The Hall–Kier alpha value is -1.66. The van der Waals surface area contributed by atoms with E-state index in [1.807, 2.05) is 32.0 Å². The molecule has 5 nitrogen and oxygen atoms in total. The molecule has 6 heteroatoms. The average Bonchev–Trinajstić information content (AvgIpc) is 2.63. The van der Waals surface area contributed by atoms with Gasteiger partial charge in [-0.15, -0.1) is 0 Å². The van der Waals surface area contributed by atoms with Crippen LogP contribution in [0.4, 0.5) is 0 Å². The summed E-state index contributed by atoms with van der Waals surface area (Å²) in [7, 11) is -1.96. The summed E-state index contributed by atoms with van der Waals surface area (Å²) in [5, 5.41) is 0. The summed E-state index contributed by atoms with van der Waals surface area (Å²) >= 11 is 0. The zero-order valence-electron chi connectivity index (χ0n) is 12.7. The van der Waals surface area contributed by atoms with Crippen molar-refractivity contribution in [2.45, 2.75) is 20.8 Å². The molecule has 0 amide bonds. The fourth-order valence-corrected chi connectivity index (χ4v) is 3.73. The molecule has 1 aliphatic rings. The van der Waals surface area contributed by atoms with E-state index in [9.17, 15) is 8.42 Å². The molecule has 0 saturated heterocycles. The van der Waals surface area contributed by atoms with Gasteiger partial charge in [-0.2, -0.15) is 0 Å². The topological polar surface area (TPSA) is 67.8 Å². The number of nitrogens with zero attached hydrogens (tertiary/aromatic N) is 1. The molecule has 0 aliphatic carbocycles. The fraction of sp³-hybridized carbons (Fsp3) is 0.400. The van der Waals surface area contributed by atoms with Crippen molar-refractivity contribution in [1.29, 1.82) is 0 Å². The highest BCUT2D eigenvalue weighted by Gasteiger charge is 2.32. The number of hydrogen-bond donors (Lipinski definition) is 1. The van der Waals surface area contributed by atoms with Crippen LogP contribution in [0.25, 0.3) is 4.91 Å². The van der Waals surface area contributed by atoms with Crippen molar-refractivity contribution in [3.63, 3.8) is 0 Å². The van der Waals surface area contributed by atoms with E-state index in [1.54, 1.807) is 14.0 Å². The zero-order valence-corrected chi connectivity index (χ0v) is 13.5. The van der Waals surface area contributed by atoms with E-state index in [0.29, 0.717) is 35.0 Å². The SMILES string of the molecule is COCCN=C1NS(=O)(=O)C(c2ccc(C)c(C)c2)=C1C. The molecule has 0 unspecified atom stereocenters. The maximum atomic E-state index is 12.3. The van der Waals surface area contributed by atoms with Crippen LogP contribution in [0.2, 0.25) is 0 Å². The Morgan fingerprint density at radius 3 is 2.52 bits per heavy atom. The van der Waals surface area contributed by atoms with Crippen molar-refractivity contribution < 1.29 is 13.2 Å². The number of ether oxygens (including phenoxy) is 1. The normalized spacial score (nSPS) is 19.1. The van der Waals surface area contributed by atoms with Gasteiger partial charge in [0.1, 0.15) is 10.7 Å². The molecule has 0 saturated carbocycles. The van der Waals surface area contributed by atoms with Gasteiger partial charge < -0.3 is 4.74 Å². The minimum Gasteiger partial charge on any atom is -0.383 e. The summed E-state index contributed by atoms with van der Waals surface area (Å²) in [5.74, 6) is 0.403. The average molecular weight is 308 g/mol. The van der Waals surface area contributed by atoms with Crippen molar-refractivity contribution in [2.75, 3.05) is 20.3 Å². The lowest BCUT2D eigenvalue weighted by Crippen LogP contribution is -2.24. The Balaban J connectivity index is 2.48. The molecular weight excluding hydrogens is 288 g/mol. The molecule has 0 aromatic heterocycles. The first-order valence-electron chi connectivity index (χ1n) is 6.72. The molecule has 1 N–H and O–H groups in total. The lowest BCUT2D eigenvalue weighted by atomic mass is 10.0. The number of nitrogens with one attached hydrogen (secondary N) is 1. The quantitative estimate of drug-likeness (QED) is 0.865. The monoisotopic (exact) mass is 308 g/mol. The minimum atomic E-state index is -3.55. The van der Waals surface area contributed by atoms with Gasteiger partial charge in [-0.05, 0) is 37.5 Å². The van der Waals surface area contributed by atoms with Crippen LogP contribution >= 0.6 is 0 Å². The number of sulfonamides is 1. The number of benzene rings is 1. The fourth-order valence-electron chi connectivity index (χ4n) is 2.22. The van der Waals surface area contributed by atoms with E-state index in [2.05, 4.69) is 9.71 Å². The second-order valence-corrected chi connectivity index (χ2v) is 6.70. The lowest BCUT2D eigenvalue weighted by Gasteiger charge is -2.06. The highest BCUT2D eigenvalue weighted by atomic mass is 32.2. The van der Waals surface area contributed by atoms with Crippen LogP contribution in [0, 0.1) is 13.8 Å². The standard InChI is InChI=1S/C15H20N2O3S/c1-10-5-6-13(9-11(10)2)14-12(3)15(16-7-8-20-4)17-21(14,18)19/h5-6,9H,7-8H2,1-4H3,(H,16,17). The smallest absolute Gasteiger partial charge is 0.264 e. The van der Waals surface area contributed by atoms with E-state index < -0.39 is 10.0 Å². The van der Waals surface area contributed by atoms with Crippen LogP contribution in [-0.4, -0.2) is 34.5 Å². The molecule has 21 heavy (non-hydrogen) atoms. The van der Waals surface area contributed by atoms with Crippen LogP contribution in [0.1, 0.15) is 23.6 Å². The number of aliphatic imine (C=N–C) groups is 1. The third-order valence-electron chi connectivity index (χ3n) is 3.53. The van der Waals surface area contributed by atoms with Gasteiger partial charge in [0.05, 0.1) is 13.2 Å². The number of amidine groups is 1. The van der Waals surface area contributed by atoms with Crippen molar-refractivity contribution in [1.82, 2.24) is 4.72 Å². The van der Waals surface area contributed by atoms with Gasteiger partial charge in [-0.3, -0.25) is 9.71 Å². The van der Waals surface area contributed by atoms with Crippen molar-refractivity contribution in [2.24, 2.45) is 4.99 Å². The van der Waals surface area contributed by atoms with Gasteiger partial charge in [0.2, 0.25) is 0 Å². The first kappa shape index (κ1) is 15.7. The van der Waals surface area contributed by atoms with Gasteiger partial charge in [-0.1, -0.05) is 18.2 Å². The van der Waals surface area contributed by atoms with E-state index >= 15 is 0 Å². The molecule has 1 heterocycles. The Bertz CT molecular complexity index is 718. The summed E-state index contributed by atoms with van der Waals surface area (Å²) in [6.07, 6.45) is 0. The van der Waals surface area contributed by atoms with Crippen molar-refractivity contribution in [3.8, 4) is 0 Å². The van der Waals surface area contributed by atoms with E-state index in [1.165, 1.54) is 0 Å². The predicted molar refractivity (Wildman–Crippen MR) is 84.7 cm³/mol. The van der Waals surface area contributed by atoms with Gasteiger partial charge in [0.15, 0.2) is 0 Å². The van der Waals surface area contributed by atoms with Crippen LogP contribution in [0.5, 0.6) is 0 Å². The van der Waals surface area contributed by atoms with Gasteiger partial charge in [0.25, 0.3) is 10.0 Å². The van der Waals surface area contributed by atoms with Crippen LogP contribution in [-0.2, 0) is 14.8 Å². The Morgan fingerprint density at radius 1 is 1.19 bits per heavy atom. The first-order valence-corrected chi connectivity index (χ1v) is 8.20. The number of aryl methyl sites for hydroxylation is 2. The Labute approximate surface area is 125 Å². The summed E-state index contributed by atoms with van der Waals surface area (Å²) in [6, 6.07) is 5.66. The third kappa shape index (κ3) is 3.16. The van der Waals surface area contributed by atoms with Gasteiger partial charge in [0, 0.05) is 12.7 Å². The van der Waals surface area contributed by atoms with Crippen LogP contribution in [0.15, 0.2) is 28.8 Å². The second kappa shape index (κ2) is 5.99. The summed E-state index contributed by atoms with van der Waals surface area (Å²) < 4.78 is 32.1. The minimum absolute atomic E-state index is 0.307. The maximum Gasteiger partial charge on any atom is 0.264 e. The number of hydrogen-bond acceptors (Lipinski definition) is 4. The molecule has 0 fully saturated rings. The summed E-state index contributed by atoms with van der Waals surface area (Å²) in [6.45, 7) is 6.62. The van der Waals surface area contributed by atoms with Crippen LogP contribution < -0.4 is 4.72 Å². The second-order valence-electron chi connectivity index (χ2n) is 5.08. The molecule has 114 valence electrons. The summed E-state index contributed by atoms with van der Waals surface area (Å²) in [5.41, 5.74) is 3.54.